The molecule has 0 spiro atoms. The van der Waals surface area contributed by atoms with Gasteiger partial charge in [0.05, 0.1) is 0 Å². The van der Waals surface area contributed by atoms with Crippen LogP contribution in [0.4, 0.5) is 0 Å². The molecule has 0 saturated carbocycles. The van der Waals surface area contributed by atoms with Crippen molar-refractivity contribution in [2.24, 2.45) is 5.73 Å². The molecule has 1 unspecified atom stereocenters. The van der Waals surface area contributed by atoms with E-state index in [1.807, 2.05) is 44.2 Å². The van der Waals surface area contributed by atoms with Crippen LogP contribution in [-0.2, 0) is 0 Å². The molecule has 100 valence electrons. The predicted octanol–water partition coefficient (Wildman–Crippen LogP) is 5.22. The zero-order valence-corrected chi connectivity index (χ0v) is 13.1. The lowest BCUT2D eigenvalue weighted by atomic mass is 10.1. The predicted molar refractivity (Wildman–Crippen MR) is 83.0 cm³/mol. The van der Waals surface area contributed by atoms with Crippen LogP contribution in [-0.4, -0.2) is 0 Å². The number of hydrogen-bond acceptors (Lipinski definition) is 2. The first-order valence-corrected chi connectivity index (χ1v) is 7.13. The van der Waals surface area contributed by atoms with E-state index >= 15 is 0 Å². The molecule has 0 aliphatic carbocycles. The molecule has 2 rings (SSSR count). The second-order valence-corrected chi connectivity index (χ2v) is 5.81. The van der Waals surface area contributed by atoms with Gasteiger partial charge in [-0.3, -0.25) is 0 Å². The van der Waals surface area contributed by atoms with Gasteiger partial charge in [-0.25, -0.2) is 0 Å². The van der Waals surface area contributed by atoms with Gasteiger partial charge in [0.1, 0.15) is 11.5 Å². The zero-order valence-electron chi connectivity index (χ0n) is 10.8. The van der Waals surface area contributed by atoms with Crippen molar-refractivity contribution < 1.29 is 4.74 Å². The molecule has 2 aromatic rings. The Hall–Kier alpha value is -1.03. The molecular weight excluding hydrogens is 326 g/mol. The summed E-state index contributed by atoms with van der Waals surface area (Å²) in [5.41, 5.74) is 7.81. The van der Waals surface area contributed by atoms with Crippen LogP contribution in [0.3, 0.4) is 0 Å². The largest absolute Gasteiger partial charge is 0.457 e. The molecule has 4 heteroatoms. The first-order chi connectivity index (χ1) is 8.97. The molecule has 2 nitrogen and oxygen atoms in total. The monoisotopic (exact) mass is 339 g/mol. The molecule has 0 saturated heterocycles. The van der Waals surface area contributed by atoms with E-state index in [0.29, 0.717) is 10.8 Å². The van der Waals surface area contributed by atoms with Gasteiger partial charge < -0.3 is 10.5 Å². The van der Waals surface area contributed by atoms with E-state index in [4.69, 9.17) is 22.1 Å². The number of ether oxygens (including phenoxy) is 1. The number of hydrogen-bond donors (Lipinski definition) is 1. The summed E-state index contributed by atoms with van der Waals surface area (Å²) >= 11 is 9.62. The molecular formula is C15H15BrClNO. The van der Waals surface area contributed by atoms with Crippen LogP contribution in [0, 0.1) is 6.92 Å². The van der Waals surface area contributed by atoms with Gasteiger partial charge in [-0.05, 0) is 49.2 Å². The standard InChI is InChI=1S/C15H15BrClNO/c1-9-3-4-11(16)7-15(9)19-12-5-6-13(10(2)18)14(17)8-12/h3-8,10H,18H2,1-2H3. The highest BCUT2D eigenvalue weighted by Crippen LogP contribution is 2.31. The maximum atomic E-state index is 6.19. The molecule has 2 N–H and O–H groups in total. The summed E-state index contributed by atoms with van der Waals surface area (Å²) in [6, 6.07) is 11.4. The van der Waals surface area contributed by atoms with Crippen molar-refractivity contribution >= 4 is 27.5 Å². The van der Waals surface area contributed by atoms with E-state index in [2.05, 4.69) is 15.9 Å². The van der Waals surface area contributed by atoms with Gasteiger partial charge in [0, 0.05) is 15.5 Å². The maximum absolute atomic E-state index is 6.19. The van der Waals surface area contributed by atoms with Crippen molar-refractivity contribution in [1.29, 1.82) is 0 Å². The average Bonchev–Trinajstić information content (AvgIpc) is 2.33. The third kappa shape index (κ3) is 3.50. The fraction of sp³-hybridized carbons (Fsp3) is 0.200. The van der Waals surface area contributed by atoms with Crippen LogP contribution in [0.25, 0.3) is 0 Å². The van der Waals surface area contributed by atoms with Crippen LogP contribution in [0.2, 0.25) is 5.02 Å². The highest BCUT2D eigenvalue weighted by Gasteiger charge is 2.08. The number of nitrogens with two attached hydrogens (primary N) is 1. The molecule has 0 aromatic heterocycles. The van der Waals surface area contributed by atoms with Gasteiger partial charge in [0.25, 0.3) is 0 Å². The fourth-order valence-corrected chi connectivity index (χ4v) is 2.43. The molecule has 0 radical (unpaired) electrons. The molecule has 0 aliphatic heterocycles. The minimum Gasteiger partial charge on any atom is -0.457 e. The summed E-state index contributed by atoms with van der Waals surface area (Å²) in [6.07, 6.45) is 0. The highest BCUT2D eigenvalue weighted by atomic mass is 79.9. The molecule has 0 amide bonds. The van der Waals surface area contributed by atoms with Crippen LogP contribution >= 0.6 is 27.5 Å². The van der Waals surface area contributed by atoms with Crippen LogP contribution in [0.15, 0.2) is 40.9 Å². The van der Waals surface area contributed by atoms with E-state index in [9.17, 15) is 0 Å². The first kappa shape index (κ1) is 14.4. The molecule has 0 bridgehead atoms. The van der Waals surface area contributed by atoms with Crippen molar-refractivity contribution in [3.8, 4) is 11.5 Å². The van der Waals surface area contributed by atoms with E-state index < -0.39 is 0 Å². The van der Waals surface area contributed by atoms with Crippen LogP contribution in [0.5, 0.6) is 11.5 Å². The molecule has 19 heavy (non-hydrogen) atoms. The Morgan fingerprint density at radius 2 is 1.95 bits per heavy atom. The topological polar surface area (TPSA) is 35.2 Å². The van der Waals surface area contributed by atoms with E-state index in [1.165, 1.54) is 0 Å². The van der Waals surface area contributed by atoms with Crippen molar-refractivity contribution in [2.75, 3.05) is 0 Å². The third-order valence-corrected chi connectivity index (χ3v) is 3.66. The second kappa shape index (κ2) is 5.95. The van der Waals surface area contributed by atoms with Gasteiger partial charge >= 0.3 is 0 Å². The average molecular weight is 341 g/mol. The van der Waals surface area contributed by atoms with Gasteiger partial charge in [-0.15, -0.1) is 0 Å². The van der Waals surface area contributed by atoms with E-state index in [1.54, 1.807) is 6.07 Å². The fourth-order valence-electron chi connectivity index (χ4n) is 1.75. The van der Waals surface area contributed by atoms with Gasteiger partial charge in [0.2, 0.25) is 0 Å². The van der Waals surface area contributed by atoms with Crippen LogP contribution in [0.1, 0.15) is 24.1 Å². The number of benzene rings is 2. The molecule has 2 aromatic carbocycles. The summed E-state index contributed by atoms with van der Waals surface area (Å²) in [5, 5.41) is 0.625. The minimum atomic E-state index is -0.0887. The summed E-state index contributed by atoms with van der Waals surface area (Å²) in [7, 11) is 0. The minimum absolute atomic E-state index is 0.0887. The summed E-state index contributed by atoms with van der Waals surface area (Å²) < 4.78 is 6.83. The quantitative estimate of drug-likeness (QED) is 0.831. The van der Waals surface area contributed by atoms with Crippen LogP contribution < -0.4 is 10.5 Å². The Kier molecular flexibility index (Phi) is 4.50. The Labute approximate surface area is 126 Å². The lowest BCUT2D eigenvalue weighted by Crippen LogP contribution is -2.05. The summed E-state index contributed by atoms with van der Waals surface area (Å²) in [5.74, 6) is 1.51. The maximum Gasteiger partial charge on any atom is 0.131 e. The summed E-state index contributed by atoms with van der Waals surface area (Å²) in [4.78, 5) is 0. The van der Waals surface area contributed by atoms with E-state index in [0.717, 1.165) is 21.3 Å². The van der Waals surface area contributed by atoms with Crippen molar-refractivity contribution in [3.63, 3.8) is 0 Å². The van der Waals surface area contributed by atoms with Crippen molar-refractivity contribution in [3.05, 3.63) is 57.0 Å². The number of halogens is 2. The van der Waals surface area contributed by atoms with E-state index in [-0.39, 0.29) is 6.04 Å². The molecule has 1 atom stereocenters. The molecule has 0 fully saturated rings. The third-order valence-electron chi connectivity index (χ3n) is 2.84. The van der Waals surface area contributed by atoms with Gasteiger partial charge in [-0.2, -0.15) is 0 Å². The SMILES string of the molecule is Cc1ccc(Br)cc1Oc1ccc(C(C)N)c(Cl)c1. The van der Waals surface area contributed by atoms with Crippen molar-refractivity contribution in [1.82, 2.24) is 0 Å². The molecule has 0 heterocycles. The lowest BCUT2D eigenvalue weighted by Gasteiger charge is -2.12. The lowest BCUT2D eigenvalue weighted by molar-refractivity contribution is 0.478. The Balaban J connectivity index is 2.29. The number of rotatable bonds is 3. The van der Waals surface area contributed by atoms with Crippen molar-refractivity contribution in [2.45, 2.75) is 19.9 Å². The Bertz CT molecular complexity index is 599. The smallest absolute Gasteiger partial charge is 0.131 e. The summed E-state index contributed by atoms with van der Waals surface area (Å²) in [6.45, 7) is 3.90. The van der Waals surface area contributed by atoms with Gasteiger partial charge in [0.15, 0.2) is 0 Å². The Morgan fingerprint density at radius 3 is 2.58 bits per heavy atom. The molecule has 0 aliphatic rings. The number of aryl methyl sites for hydroxylation is 1. The normalized spacial score (nSPS) is 12.3. The highest BCUT2D eigenvalue weighted by molar-refractivity contribution is 9.10. The zero-order chi connectivity index (χ0) is 14.0. The Morgan fingerprint density at radius 1 is 1.21 bits per heavy atom. The first-order valence-electron chi connectivity index (χ1n) is 5.96. The second-order valence-electron chi connectivity index (χ2n) is 4.48. The van der Waals surface area contributed by atoms with Gasteiger partial charge in [-0.1, -0.05) is 39.7 Å².